The smallest absolute Gasteiger partial charge is 0.336 e. The molecule has 7 atom stereocenters. The second kappa shape index (κ2) is 3.66. The minimum atomic E-state index is -1.69. The normalized spacial score (nSPS) is 59.6. The van der Waals surface area contributed by atoms with Gasteiger partial charge in [0.15, 0.2) is 6.10 Å². The van der Waals surface area contributed by atoms with Crippen molar-refractivity contribution in [2.24, 2.45) is 16.7 Å². The molecule has 0 aromatic carbocycles. The first-order valence-corrected chi connectivity index (χ1v) is 7.65. The van der Waals surface area contributed by atoms with Crippen molar-refractivity contribution < 1.29 is 34.4 Å². The molecule has 4 fully saturated rings. The van der Waals surface area contributed by atoms with Gasteiger partial charge in [-0.1, -0.05) is 6.92 Å². The quantitative estimate of drug-likeness (QED) is 0.498. The molecule has 4 aliphatic rings. The standard InChI is InChI=1S/C15H20O7/c1-7-8-5-14(9(16)10(17)22-8)12(2,19)3-4-15(14,20)13(7)6-21-11(13)18/h7-9,16,19-20H,3-6H2,1-2H3. The summed E-state index contributed by atoms with van der Waals surface area (Å²) in [4.78, 5) is 24.4. The Hall–Kier alpha value is -1.18. The van der Waals surface area contributed by atoms with E-state index in [1.807, 2.05) is 0 Å². The molecule has 22 heavy (non-hydrogen) atoms. The fourth-order valence-corrected chi connectivity index (χ4v) is 5.60. The Labute approximate surface area is 127 Å². The average Bonchev–Trinajstić information content (AvgIpc) is 2.65. The molecule has 7 unspecified atom stereocenters. The molecule has 2 saturated carbocycles. The molecule has 2 heterocycles. The molecule has 2 bridgehead atoms. The van der Waals surface area contributed by atoms with Crippen LogP contribution in [0.5, 0.6) is 0 Å². The number of fused-ring (bicyclic) bond motifs is 2. The van der Waals surface area contributed by atoms with Gasteiger partial charge in [0.25, 0.3) is 0 Å². The van der Waals surface area contributed by atoms with Gasteiger partial charge >= 0.3 is 11.9 Å². The van der Waals surface area contributed by atoms with Gasteiger partial charge in [0.05, 0.1) is 16.6 Å². The van der Waals surface area contributed by atoms with Crippen LogP contribution in [-0.2, 0) is 19.1 Å². The molecule has 0 radical (unpaired) electrons. The molecule has 4 rings (SSSR count). The van der Waals surface area contributed by atoms with Crippen LogP contribution in [0.15, 0.2) is 0 Å². The van der Waals surface area contributed by atoms with Crippen LogP contribution >= 0.6 is 0 Å². The second-order valence-corrected chi connectivity index (χ2v) is 7.52. The van der Waals surface area contributed by atoms with Crippen LogP contribution in [0.3, 0.4) is 0 Å². The minimum Gasteiger partial charge on any atom is -0.464 e. The molecule has 3 N–H and O–H groups in total. The number of cyclic esters (lactones) is 1. The van der Waals surface area contributed by atoms with Crippen molar-refractivity contribution >= 4 is 11.9 Å². The van der Waals surface area contributed by atoms with Gasteiger partial charge < -0.3 is 24.8 Å². The summed E-state index contributed by atoms with van der Waals surface area (Å²) in [5, 5.41) is 32.9. The lowest BCUT2D eigenvalue weighted by atomic mass is 9.43. The number of ether oxygens (including phenoxy) is 2. The number of carbonyl (C=O) groups is 2. The van der Waals surface area contributed by atoms with Crippen LogP contribution in [0, 0.1) is 16.7 Å². The van der Waals surface area contributed by atoms with Gasteiger partial charge in [-0.2, -0.15) is 0 Å². The summed E-state index contributed by atoms with van der Waals surface area (Å²) in [5.41, 5.74) is -5.90. The van der Waals surface area contributed by atoms with E-state index in [2.05, 4.69) is 0 Å². The number of hydrogen-bond acceptors (Lipinski definition) is 7. The molecule has 0 aromatic rings. The summed E-state index contributed by atoms with van der Waals surface area (Å²) in [6.45, 7) is 3.28. The van der Waals surface area contributed by atoms with E-state index in [1.165, 1.54) is 6.92 Å². The van der Waals surface area contributed by atoms with E-state index in [1.54, 1.807) is 6.92 Å². The number of carbonyl (C=O) groups excluding carboxylic acids is 2. The minimum absolute atomic E-state index is 0.0160. The first-order valence-electron chi connectivity index (χ1n) is 7.65. The highest BCUT2D eigenvalue weighted by atomic mass is 16.6. The van der Waals surface area contributed by atoms with Crippen molar-refractivity contribution in [1.82, 2.24) is 0 Å². The van der Waals surface area contributed by atoms with Gasteiger partial charge in [-0.3, -0.25) is 4.79 Å². The fourth-order valence-electron chi connectivity index (χ4n) is 5.60. The maximum absolute atomic E-state index is 12.3. The molecule has 2 aliphatic carbocycles. The third-order valence-corrected chi connectivity index (χ3v) is 7.02. The highest BCUT2D eigenvalue weighted by Crippen LogP contribution is 2.72. The van der Waals surface area contributed by atoms with Crippen LogP contribution in [-0.4, -0.2) is 57.3 Å². The summed E-state index contributed by atoms with van der Waals surface area (Å²) in [6, 6.07) is 0. The Morgan fingerprint density at radius 3 is 2.45 bits per heavy atom. The Morgan fingerprint density at radius 2 is 1.91 bits per heavy atom. The first-order chi connectivity index (χ1) is 10.1. The zero-order chi connectivity index (χ0) is 16.1. The number of hydrogen-bond donors (Lipinski definition) is 3. The van der Waals surface area contributed by atoms with Crippen LogP contribution in [0.2, 0.25) is 0 Å². The summed E-state index contributed by atoms with van der Waals surface area (Å²) < 4.78 is 10.2. The van der Waals surface area contributed by atoms with Gasteiger partial charge in [0, 0.05) is 5.92 Å². The summed E-state index contributed by atoms with van der Waals surface area (Å²) >= 11 is 0. The lowest BCUT2D eigenvalue weighted by molar-refractivity contribution is -0.336. The van der Waals surface area contributed by atoms with E-state index in [4.69, 9.17) is 9.47 Å². The average molecular weight is 312 g/mol. The number of aliphatic hydroxyl groups excluding tert-OH is 1. The highest BCUT2D eigenvalue weighted by Gasteiger charge is 2.85. The largest absolute Gasteiger partial charge is 0.464 e. The van der Waals surface area contributed by atoms with Crippen LogP contribution in [0.1, 0.15) is 33.1 Å². The van der Waals surface area contributed by atoms with Crippen LogP contribution < -0.4 is 0 Å². The molecular weight excluding hydrogens is 292 g/mol. The molecule has 0 aromatic heterocycles. The van der Waals surface area contributed by atoms with Crippen molar-refractivity contribution in [3.8, 4) is 0 Å². The summed E-state index contributed by atoms with van der Waals surface area (Å²) in [5.74, 6) is -1.82. The zero-order valence-corrected chi connectivity index (χ0v) is 12.5. The summed E-state index contributed by atoms with van der Waals surface area (Å²) in [7, 11) is 0. The van der Waals surface area contributed by atoms with E-state index < -0.39 is 52.1 Å². The second-order valence-electron chi connectivity index (χ2n) is 7.52. The van der Waals surface area contributed by atoms with Gasteiger partial charge in [0.2, 0.25) is 0 Å². The Balaban J connectivity index is 2.00. The monoisotopic (exact) mass is 312 g/mol. The lowest BCUT2D eigenvalue weighted by Crippen LogP contribution is -2.82. The highest BCUT2D eigenvalue weighted by molar-refractivity contribution is 5.87. The van der Waals surface area contributed by atoms with Gasteiger partial charge in [0.1, 0.15) is 18.1 Å². The molecule has 7 heteroatoms. The van der Waals surface area contributed by atoms with Crippen molar-refractivity contribution in [2.45, 2.75) is 56.5 Å². The predicted octanol–water partition coefficient (Wildman–Crippen LogP) is -0.882. The zero-order valence-electron chi connectivity index (χ0n) is 12.5. The van der Waals surface area contributed by atoms with E-state index in [9.17, 15) is 24.9 Å². The molecule has 2 saturated heterocycles. The Morgan fingerprint density at radius 1 is 1.23 bits per heavy atom. The van der Waals surface area contributed by atoms with E-state index in [-0.39, 0.29) is 25.9 Å². The van der Waals surface area contributed by atoms with E-state index in [0.717, 1.165) is 0 Å². The van der Waals surface area contributed by atoms with Crippen LogP contribution in [0.25, 0.3) is 0 Å². The fraction of sp³-hybridized carbons (Fsp3) is 0.867. The molecule has 7 nitrogen and oxygen atoms in total. The lowest BCUT2D eigenvalue weighted by Gasteiger charge is -2.67. The SMILES string of the molecule is CC1C2CC3(C(O)C(=O)O2)C(C)(O)CCC3(O)C12COC2=O. The van der Waals surface area contributed by atoms with Crippen molar-refractivity contribution in [1.29, 1.82) is 0 Å². The van der Waals surface area contributed by atoms with Gasteiger partial charge in [-0.25, -0.2) is 4.79 Å². The topological polar surface area (TPSA) is 113 Å². The molecular formula is C15H20O7. The van der Waals surface area contributed by atoms with Gasteiger partial charge in [-0.05, 0) is 26.2 Å². The number of aliphatic hydroxyl groups is 3. The van der Waals surface area contributed by atoms with Crippen LogP contribution in [0.4, 0.5) is 0 Å². The Bertz CT molecular complexity index is 586. The van der Waals surface area contributed by atoms with E-state index >= 15 is 0 Å². The third kappa shape index (κ3) is 1.10. The maximum atomic E-state index is 12.3. The molecule has 122 valence electrons. The maximum Gasteiger partial charge on any atom is 0.336 e. The number of rotatable bonds is 0. The molecule has 2 aliphatic heterocycles. The summed E-state index contributed by atoms with van der Waals surface area (Å²) in [6.07, 6.45) is -1.82. The van der Waals surface area contributed by atoms with Crippen molar-refractivity contribution in [3.63, 3.8) is 0 Å². The van der Waals surface area contributed by atoms with Gasteiger partial charge in [-0.15, -0.1) is 0 Å². The first kappa shape index (κ1) is 14.4. The Kier molecular flexibility index (Phi) is 2.40. The predicted molar refractivity (Wildman–Crippen MR) is 70.3 cm³/mol. The van der Waals surface area contributed by atoms with E-state index in [0.29, 0.717) is 0 Å². The number of esters is 2. The molecule has 2 spiro atoms. The van der Waals surface area contributed by atoms with Crippen molar-refractivity contribution in [2.75, 3.05) is 6.61 Å². The van der Waals surface area contributed by atoms with Crippen molar-refractivity contribution in [3.05, 3.63) is 0 Å². The molecule has 0 amide bonds. The third-order valence-electron chi connectivity index (χ3n) is 7.02.